The van der Waals surface area contributed by atoms with Crippen molar-refractivity contribution in [1.29, 1.82) is 0 Å². The summed E-state index contributed by atoms with van der Waals surface area (Å²) in [6.45, 7) is 55.5. The molecule has 0 aromatic carbocycles. The van der Waals surface area contributed by atoms with E-state index in [0.717, 1.165) is 23.7 Å². The summed E-state index contributed by atoms with van der Waals surface area (Å²) >= 11 is 0. The van der Waals surface area contributed by atoms with Gasteiger partial charge in [-0.3, -0.25) is 0 Å². The minimum atomic E-state index is 0. The molecule has 0 saturated carbocycles. The van der Waals surface area contributed by atoms with E-state index in [9.17, 15) is 0 Å². The molecule has 0 N–H and O–H groups in total. The third-order valence-electron chi connectivity index (χ3n) is 4.00. The Labute approximate surface area is 260 Å². The van der Waals surface area contributed by atoms with Crippen LogP contribution in [0.5, 0.6) is 0 Å². The molecule has 229 valence electrons. The Morgan fingerprint density at radius 2 is 0.400 bits per heavy atom. The molecule has 0 bridgehead atoms. The summed E-state index contributed by atoms with van der Waals surface area (Å²) < 4.78 is 0. The van der Waals surface area contributed by atoms with E-state index >= 15 is 0 Å². The van der Waals surface area contributed by atoms with E-state index in [2.05, 4.69) is 83.1 Å². The van der Waals surface area contributed by atoms with Crippen molar-refractivity contribution in [2.75, 3.05) is 0 Å². The molecule has 35 heavy (non-hydrogen) atoms. The largest absolute Gasteiger partial charge is 0.358 e. The Kier molecular flexibility index (Phi) is 201. The van der Waals surface area contributed by atoms with Crippen LogP contribution in [0.3, 0.4) is 0 Å². The molecule has 1 radical (unpaired) electrons. The Balaban J connectivity index is -0.0000000203. The Morgan fingerprint density at radius 1 is 0.343 bits per heavy atom. The van der Waals surface area contributed by atoms with Crippen LogP contribution in [0.25, 0.3) is 0 Å². The molecular formula is C34H89Y-. The standard InChI is InChI=1S/C13H28.2C3H8.7C2H6.CH3.Y/c1-9(2)13(10(3)4,11(5)6)12(7)8;2*1-3-2;7*1-2;;/h9-12H,1-8H3;2*3H2,1-2H3;7*1-2H3;1H3;/q;;;;;;;;;;-1;. The van der Waals surface area contributed by atoms with E-state index in [1.807, 2.05) is 96.9 Å². The smallest absolute Gasteiger partial charge is 0 e. The van der Waals surface area contributed by atoms with E-state index in [1.165, 1.54) is 12.8 Å². The average Bonchev–Trinajstić information content (AvgIpc) is 2.83. The molecule has 0 unspecified atom stereocenters. The van der Waals surface area contributed by atoms with Crippen molar-refractivity contribution in [2.45, 2.75) is 193 Å². The van der Waals surface area contributed by atoms with E-state index in [4.69, 9.17) is 0 Å². The second kappa shape index (κ2) is 91.7. The van der Waals surface area contributed by atoms with Gasteiger partial charge in [-0.1, -0.05) is 193 Å². The Morgan fingerprint density at radius 3 is 0.400 bits per heavy atom. The molecule has 0 aliphatic heterocycles. The zero-order valence-electron chi connectivity index (χ0n) is 31.8. The van der Waals surface area contributed by atoms with Crippen molar-refractivity contribution in [2.24, 2.45) is 29.1 Å². The van der Waals surface area contributed by atoms with Gasteiger partial charge in [-0.2, -0.15) is 0 Å². The van der Waals surface area contributed by atoms with Crippen LogP contribution in [0, 0.1) is 36.5 Å². The molecule has 0 fully saturated rings. The van der Waals surface area contributed by atoms with E-state index in [0.29, 0.717) is 5.41 Å². The second-order valence-corrected chi connectivity index (χ2v) is 7.03. The Hall–Kier alpha value is 1.10. The molecule has 0 atom stereocenters. The van der Waals surface area contributed by atoms with Gasteiger partial charge in [0.1, 0.15) is 0 Å². The van der Waals surface area contributed by atoms with Crippen LogP contribution in [-0.2, 0) is 32.7 Å². The molecule has 0 aliphatic carbocycles. The van der Waals surface area contributed by atoms with E-state index in [1.54, 1.807) is 0 Å². The minimum absolute atomic E-state index is 0. The van der Waals surface area contributed by atoms with Crippen LogP contribution in [0.4, 0.5) is 0 Å². The molecule has 0 saturated heterocycles. The summed E-state index contributed by atoms with van der Waals surface area (Å²) in [6, 6.07) is 0. The van der Waals surface area contributed by atoms with Gasteiger partial charge >= 0.3 is 0 Å². The monoisotopic (exact) mass is 587 g/mol. The fraction of sp³-hybridized carbons (Fsp3) is 0.971. The van der Waals surface area contributed by atoms with Crippen LogP contribution in [0.15, 0.2) is 0 Å². The summed E-state index contributed by atoms with van der Waals surface area (Å²) in [4.78, 5) is 0. The maximum absolute atomic E-state index is 2.38. The zero-order chi connectivity index (χ0) is 30.2. The molecule has 0 aliphatic rings. The first-order chi connectivity index (χ1) is 15.6. The van der Waals surface area contributed by atoms with Gasteiger partial charge in [0.25, 0.3) is 0 Å². The van der Waals surface area contributed by atoms with Crippen LogP contribution in [0.2, 0.25) is 0 Å². The van der Waals surface area contributed by atoms with Crippen LogP contribution < -0.4 is 0 Å². The average molecular weight is 587 g/mol. The van der Waals surface area contributed by atoms with Crippen molar-refractivity contribution in [3.63, 3.8) is 0 Å². The van der Waals surface area contributed by atoms with Gasteiger partial charge < -0.3 is 7.43 Å². The molecule has 0 aromatic rings. The molecular weight excluding hydrogens is 497 g/mol. The van der Waals surface area contributed by atoms with E-state index < -0.39 is 0 Å². The molecule has 0 nitrogen and oxygen atoms in total. The maximum atomic E-state index is 2.38. The first kappa shape index (κ1) is 76.6. The van der Waals surface area contributed by atoms with Gasteiger partial charge in [-0.15, -0.1) is 0 Å². The first-order valence-electron chi connectivity index (χ1n) is 15.6. The number of rotatable bonds is 4. The third kappa shape index (κ3) is 61.0. The minimum Gasteiger partial charge on any atom is -0.358 e. The van der Waals surface area contributed by atoms with Crippen molar-refractivity contribution in [3.05, 3.63) is 7.43 Å². The first-order valence-corrected chi connectivity index (χ1v) is 15.6. The summed E-state index contributed by atoms with van der Waals surface area (Å²) in [7, 11) is 0. The fourth-order valence-corrected chi connectivity index (χ4v) is 4.00. The summed E-state index contributed by atoms with van der Waals surface area (Å²) in [5.74, 6) is 3.08. The van der Waals surface area contributed by atoms with Crippen LogP contribution >= 0.6 is 0 Å². The molecule has 0 aromatic heterocycles. The van der Waals surface area contributed by atoms with E-state index in [-0.39, 0.29) is 40.1 Å². The molecule has 0 heterocycles. The SMILES string of the molecule is CC.CC.CC.CC.CC.CC.CC.CC(C)C(C(C)C)(C(C)C)C(C)C.CCC.CCC.[CH3-].[Y]. The maximum Gasteiger partial charge on any atom is 0 e. The topological polar surface area (TPSA) is 0 Å². The fourth-order valence-electron chi connectivity index (χ4n) is 4.00. The summed E-state index contributed by atoms with van der Waals surface area (Å²) in [5.41, 5.74) is 0.500. The van der Waals surface area contributed by atoms with Crippen molar-refractivity contribution in [3.8, 4) is 0 Å². The van der Waals surface area contributed by atoms with Crippen molar-refractivity contribution in [1.82, 2.24) is 0 Å². The molecule has 0 spiro atoms. The van der Waals surface area contributed by atoms with Gasteiger partial charge in [0, 0.05) is 32.7 Å². The third-order valence-corrected chi connectivity index (χ3v) is 4.00. The summed E-state index contributed by atoms with van der Waals surface area (Å²) in [5, 5.41) is 0. The molecule has 0 amide bonds. The summed E-state index contributed by atoms with van der Waals surface area (Å²) in [6.07, 6.45) is 2.50. The quantitative estimate of drug-likeness (QED) is 0.287. The number of hydrogen-bond donors (Lipinski definition) is 0. The zero-order valence-corrected chi connectivity index (χ0v) is 34.6. The molecule has 1 heteroatoms. The van der Waals surface area contributed by atoms with Crippen LogP contribution in [-0.4, -0.2) is 0 Å². The van der Waals surface area contributed by atoms with Gasteiger partial charge in [-0.05, 0) is 29.1 Å². The van der Waals surface area contributed by atoms with Crippen LogP contribution in [0.1, 0.15) is 193 Å². The Bertz CT molecular complexity index is 130. The number of hydrogen-bond acceptors (Lipinski definition) is 0. The predicted molar refractivity (Wildman–Crippen MR) is 180 cm³/mol. The van der Waals surface area contributed by atoms with Gasteiger partial charge in [-0.25, -0.2) is 0 Å². The second-order valence-electron chi connectivity index (χ2n) is 7.03. The molecule has 0 rings (SSSR count). The van der Waals surface area contributed by atoms with Crippen molar-refractivity contribution >= 4 is 0 Å². The van der Waals surface area contributed by atoms with Crippen molar-refractivity contribution < 1.29 is 32.7 Å². The van der Waals surface area contributed by atoms with Gasteiger partial charge in [0.05, 0.1) is 0 Å². The predicted octanol–water partition coefficient (Wildman–Crippen LogP) is 15.1. The van der Waals surface area contributed by atoms with Gasteiger partial charge in [0.15, 0.2) is 0 Å². The van der Waals surface area contributed by atoms with Gasteiger partial charge in [0.2, 0.25) is 0 Å². The normalized spacial score (nSPS) is 7.37.